The molecule has 1 aliphatic heterocycles. The molecule has 0 aliphatic carbocycles. The third kappa shape index (κ3) is 3.50. The standard InChI is InChI=1S/C17H17BrCl2N2/c18-14-4-2-1-3-13(14)17(22-9-7-21-8-10-22)12-5-6-15(19)16(20)11-12/h1-6,11,17,21H,7-10H2. The first-order chi connectivity index (χ1) is 10.7. The molecule has 22 heavy (non-hydrogen) atoms. The maximum atomic E-state index is 6.25. The molecule has 3 rings (SSSR count). The van der Waals surface area contributed by atoms with E-state index in [-0.39, 0.29) is 6.04 Å². The van der Waals surface area contributed by atoms with Crippen LogP contribution in [0.3, 0.4) is 0 Å². The molecular formula is C17H17BrCl2N2. The molecule has 1 saturated heterocycles. The number of nitrogens with zero attached hydrogens (tertiary/aromatic N) is 1. The van der Waals surface area contributed by atoms with Crippen molar-refractivity contribution in [2.24, 2.45) is 0 Å². The Morgan fingerprint density at radius 3 is 2.41 bits per heavy atom. The molecule has 5 heteroatoms. The fraction of sp³-hybridized carbons (Fsp3) is 0.294. The van der Waals surface area contributed by atoms with Crippen molar-refractivity contribution in [1.82, 2.24) is 10.2 Å². The summed E-state index contributed by atoms with van der Waals surface area (Å²) in [6.07, 6.45) is 0. The zero-order chi connectivity index (χ0) is 15.5. The van der Waals surface area contributed by atoms with E-state index in [1.54, 1.807) is 0 Å². The molecule has 0 radical (unpaired) electrons. The predicted molar refractivity (Wildman–Crippen MR) is 96.9 cm³/mol. The summed E-state index contributed by atoms with van der Waals surface area (Å²) >= 11 is 16.0. The Labute approximate surface area is 149 Å². The van der Waals surface area contributed by atoms with Crippen molar-refractivity contribution in [3.63, 3.8) is 0 Å². The van der Waals surface area contributed by atoms with E-state index in [1.165, 1.54) is 11.1 Å². The highest BCUT2D eigenvalue weighted by molar-refractivity contribution is 9.10. The summed E-state index contributed by atoms with van der Waals surface area (Å²) in [5, 5.41) is 4.60. The average Bonchev–Trinajstić information content (AvgIpc) is 2.54. The lowest BCUT2D eigenvalue weighted by atomic mass is 9.96. The molecule has 1 N–H and O–H groups in total. The molecule has 2 nitrogen and oxygen atoms in total. The summed E-state index contributed by atoms with van der Waals surface area (Å²) in [6.45, 7) is 4.02. The van der Waals surface area contributed by atoms with Crippen LogP contribution in [0.4, 0.5) is 0 Å². The van der Waals surface area contributed by atoms with Gasteiger partial charge >= 0.3 is 0 Å². The largest absolute Gasteiger partial charge is 0.314 e. The van der Waals surface area contributed by atoms with Crippen LogP contribution in [0.15, 0.2) is 46.9 Å². The summed E-state index contributed by atoms with van der Waals surface area (Å²) in [5.41, 5.74) is 2.42. The number of hydrogen-bond acceptors (Lipinski definition) is 2. The summed E-state index contributed by atoms with van der Waals surface area (Å²) in [6, 6.07) is 14.5. The van der Waals surface area contributed by atoms with Crippen LogP contribution in [0.1, 0.15) is 17.2 Å². The van der Waals surface area contributed by atoms with E-state index < -0.39 is 0 Å². The number of benzene rings is 2. The number of nitrogens with one attached hydrogen (secondary N) is 1. The van der Waals surface area contributed by atoms with Crippen LogP contribution in [-0.2, 0) is 0 Å². The van der Waals surface area contributed by atoms with E-state index in [4.69, 9.17) is 23.2 Å². The van der Waals surface area contributed by atoms with Crippen LogP contribution in [0, 0.1) is 0 Å². The summed E-state index contributed by atoms with van der Waals surface area (Å²) in [4.78, 5) is 2.48. The number of piperazine rings is 1. The lowest BCUT2D eigenvalue weighted by molar-refractivity contribution is 0.198. The molecule has 1 heterocycles. The van der Waals surface area contributed by atoms with Gasteiger partial charge in [0.25, 0.3) is 0 Å². The van der Waals surface area contributed by atoms with Crippen molar-refractivity contribution in [3.8, 4) is 0 Å². The minimum absolute atomic E-state index is 0.174. The van der Waals surface area contributed by atoms with E-state index >= 15 is 0 Å². The van der Waals surface area contributed by atoms with Crippen LogP contribution in [0.25, 0.3) is 0 Å². The molecule has 0 spiro atoms. The maximum absolute atomic E-state index is 6.25. The lowest BCUT2D eigenvalue weighted by Crippen LogP contribution is -2.45. The molecule has 2 aromatic carbocycles. The average molecular weight is 400 g/mol. The van der Waals surface area contributed by atoms with Gasteiger partial charge in [0, 0.05) is 30.7 Å². The zero-order valence-corrected chi connectivity index (χ0v) is 15.1. The minimum atomic E-state index is 0.174. The normalized spacial score (nSPS) is 17.4. The predicted octanol–water partition coefficient (Wildman–Crippen LogP) is 4.75. The summed E-state index contributed by atoms with van der Waals surface area (Å²) in [5.74, 6) is 0. The van der Waals surface area contributed by atoms with Gasteiger partial charge in [0.2, 0.25) is 0 Å². The Balaban J connectivity index is 2.05. The van der Waals surface area contributed by atoms with Crippen molar-refractivity contribution >= 4 is 39.1 Å². The van der Waals surface area contributed by atoms with Crippen LogP contribution in [0.5, 0.6) is 0 Å². The first kappa shape index (κ1) is 16.3. The molecule has 2 aromatic rings. The Kier molecular flexibility index (Phi) is 5.42. The van der Waals surface area contributed by atoms with E-state index in [0.717, 1.165) is 30.7 Å². The summed E-state index contributed by atoms with van der Waals surface area (Å²) in [7, 11) is 0. The molecule has 0 aromatic heterocycles. The molecule has 1 unspecified atom stereocenters. The van der Waals surface area contributed by atoms with E-state index in [2.05, 4.69) is 50.4 Å². The first-order valence-corrected chi connectivity index (χ1v) is 8.86. The van der Waals surface area contributed by atoms with Gasteiger partial charge < -0.3 is 5.32 Å². The molecular weight excluding hydrogens is 383 g/mol. The van der Waals surface area contributed by atoms with Crippen molar-refractivity contribution in [2.75, 3.05) is 26.2 Å². The molecule has 116 valence electrons. The van der Waals surface area contributed by atoms with E-state index in [9.17, 15) is 0 Å². The fourth-order valence-electron chi connectivity index (χ4n) is 2.91. The van der Waals surface area contributed by atoms with Gasteiger partial charge in [0.15, 0.2) is 0 Å². The maximum Gasteiger partial charge on any atom is 0.0614 e. The van der Waals surface area contributed by atoms with Gasteiger partial charge in [0.1, 0.15) is 0 Å². The minimum Gasteiger partial charge on any atom is -0.314 e. The quantitative estimate of drug-likeness (QED) is 0.800. The highest BCUT2D eigenvalue weighted by Gasteiger charge is 2.25. The number of hydrogen-bond donors (Lipinski definition) is 1. The van der Waals surface area contributed by atoms with E-state index in [1.807, 2.05) is 18.2 Å². The topological polar surface area (TPSA) is 15.3 Å². The van der Waals surface area contributed by atoms with Crippen molar-refractivity contribution in [3.05, 3.63) is 68.1 Å². The van der Waals surface area contributed by atoms with Gasteiger partial charge in [-0.05, 0) is 29.3 Å². The third-order valence-corrected chi connectivity index (χ3v) is 5.44. The van der Waals surface area contributed by atoms with Crippen LogP contribution >= 0.6 is 39.1 Å². The van der Waals surface area contributed by atoms with Crippen LogP contribution in [-0.4, -0.2) is 31.1 Å². The van der Waals surface area contributed by atoms with Crippen LogP contribution in [0.2, 0.25) is 10.0 Å². The Morgan fingerprint density at radius 2 is 1.73 bits per heavy atom. The molecule has 1 atom stereocenters. The van der Waals surface area contributed by atoms with Gasteiger partial charge in [0.05, 0.1) is 16.1 Å². The van der Waals surface area contributed by atoms with Gasteiger partial charge in [-0.25, -0.2) is 0 Å². The second-order valence-electron chi connectivity index (χ2n) is 5.38. The van der Waals surface area contributed by atoms with Gasteiger partial charge in [-0.3, -0.25) is 4.90 Å². The van der Waals surface area contributed by atoms with E-state index in [0.29, 0.717) is 10.0 Å². The molecule has 0 saturated carbocycles. The second kappa shape index (κ2) is 7.33. The van der Waals surface area contributed by atoms with Crippen molar-refractivity contribution in [2.45, 2.75) is 6.04 Å². The molecule has 0 amide bonds. The number of rotatable bonds is 3. The fourth-order valence-corrected chi connectivity index (χ4v) is 3.71. The smallest absolute Gasteiger partial charge is 0.0614 e. The first-order valence-electron chi connectivity index (χ1n) is 7.31. The monoisotopic (exact) mass is 398 g/mol. The zero-order valence-electron chi connectivity index (χ0n) is 12.0. The van der Waals surface area contributed by atoms with Crippen molar-refractivity contribution in [1.29, 1.82) is 0 Å². The number of halogens is 3. The summed E-state index contributed by atoms with van der Waals surface area (Å²) < 4.78 is 1.12. The third-order valence-electron chi connectivity index (χ3n) is 3.98. The Morgan fingerprint density at radius 1 is 1.00 bits per heavy atom. The van der Waals surface area contributed by atoms with Crippen molar-refractivity contribution < 1.29 is 0 Å². The van der Waals surface area contributed by atoms with Gasteiger partial charge in [-0.2, -0.15) is 0 Å². The highest BCUT2D eigenvalue weighted by Crippen LogP contribution is 2.36. The molecule has 1 aliphatic rings. The SMILES string of the molecule is Clc1ccc(C(c2ccccc2Br)N2CCNCC2)cc1Cl. The Bertz CT molecular complexity index is 657. The molecule has 0 bridgehead atoms. The molecule has 1 fully saturated rings. The second-order valence-corrected chi connectivity index (χ2v) is 7.05. The van der Waals surface area contributed by atoms with Gasteiger partial charge in [-0.15, -0.1) is 0 Å². The van der Waals surface area contributed by atoms with Crippen LogP contribution < -0.4 is 5.32 Å². The lowest BCUT2D eigenvalue weighted by Gasteiger charge is -2.36. The Hall–Kier alpha value is -0.580. The van der Waals surface area contributed by atoms with Gasteiger partial charge in [-0.1, -0.05) is 63.4 Å². The highest BCUT2D eigenvalue weighted by atomic mass is 79.9.